The van der Waals surface area contributed by atoms with Crippen LogP contribution in [0.15, 0.2) is 0 Å². The minimum Gasteiger partial charge on any atom is -0.466 e. The summed E-state index contributed by atoms with van der Waals surface area (Å²) in [6.07, 6.45) is -1.86. The molecule has 6 nitrogen and oxygen atoms in total. The average molecular weight is 337 g/mol. The number of hydrogen-bond donors (Lipinski definition) is 0. The van der Waals surface area contributed by atoms with E-state index in [9.17, 15) is 9.59 Å². The summed E-state index contributed by atoms with van der Waals surface area (Å²) in [4.78, 5) is 23.9. The van der Waals surface area contributed by atoms with E-state index in [1.165, 1.54) is 13.8 Å². The van der Waals surface area contributed by atoms with E-state index >= 15 is 0 Å². The summed E-state index contributed by atoms with van der Waals surface area (Å²) in [5.74, 6) is -2.18. The summed E-state index contributed by atoms with van der Waals surface area (Å²) in [5, 5.41) is -1.70. The van der Waals surface area contributed by atoms with Gasteiger partial charge in [-0.05, 0) is 25.7 Å². The summed E-state index contributed by atoms with van der Waals surface area (Å²) in [6.45, 7) is 2.78. The lowest BCUT2D eigenvalue weighted by molar-refractivity contribution is -0.149. The predicted octanol–water partition coefficient (Wildman–Crippen LogP) is 2.12. The zero-order valence-electron chi connectivity index (χ0n) is 17.3. The zero-order chi connectivity index (χ0) is 20.8. The minimum atomic E-state index is -4.21. The monoisotopic (exact) mass is 337 g/mol. The van der Waals surface area contributed by atoms with Gasteiger partial charge in [0.05, 0.1) is 27.8 Å². The van der Waals surface area contributed by atoms with Gasteiger partial charge in [0.2, 0.25) is 5.69 Å². The number of hydrogen-bond acceptors (Lipinski definition) is 8. The van der Waals surface area contributed by atoms with Gasteiger partial charge >= 0.3 is 11.9 Å². The van der Waals surface area contributed by atoms with Crippen molar-refractivity contribution in [2.75, 3.05) is 27.3 Å². The van der Waals surface area contributed by atoms with E-state index in [0.717, 1.165) is 0 Å². The number of carbonyl (C=O) groups excluding carboxylic acids is 2. The highest BCUT2D eigenvalue weighted by atomic mass is 32.9. The molecule has 0 aromatic rings. The van der Waals surface area contributed by atoms with Crippen LogP contribution >= 0.6 is 17.1 Å². The van der Waals surface area contributed by atoms with Gasteiger partial charge in [-0.3, -0.25) is 9.59 Å². The summed E-state index contributed by atoms with van der Waals surface area (Å²) in [6, 6.07) is 0. The molecule has 0 rings (SSSR count). The van der Waals surface area contributed by atoms with Crippen LogP contribution in [0.4, 0.5) is 0 Å². The van der Waals surface area contributed by atoms with Crippen molar-refractivity contribution in [1.82, 2.24) is 0 Å². The minimum absolute atomic E-state index is 0.0693. The summed E-state index contributed by atoms with van der Waals surface area (Å²) in [7, 11) is -6.26. The molecule has 0 radical (unpaired) electrons. The molecule has 0 spiro atoms. The zero-order valence-corrected chi connectivity index (χ0v) is 12.8. The van der Waals surface area contributed by atoms with Crippen molar-refractivity contribution in [3.63, 3.8) is 0 Å². The van der Waals surface area contributed by atoms with Crippen LogP contribution in [0.1, 0.15) is 29.8 Å². The Hall–Kier alpha value is -0.140. The molecule has 0 aromatic heterocycles. The van der Waals surface area contributed by atoms with Gasteiger partial charge in [-0.1, -0.05) is 11.4 Å². The fraction of sp³-hybridized carbons (Fsp3) is 0.800. The molecule has 0 fully saturated rings. The Morgan fingerprint density at radius 1 is 1.32 bits per heavy atom. The van der Waals surface area contributed by atoms with Gasteiger partial charge in [0.25, 0.3) is 0 Å². The van der Waals surface area contributed by atoms with Crippen molar-refractivity contribution in [2.24, 2.45) is 0 Å². The molecule has 0 N–H and O–H groups in total. The van der Waals surface area contributed by atoms with Crippen LogP contribution in [0.2, 0.25) is 0 Å². The molecule has 0 aliphatic rings. The molecule has 112 valence electrons. The Morgan fingerprint density at radius 3 is 2.37 bits per heavy atom. The van der Waals surface area contributed by atoms with Crippen molar-refractivity contribution in [3.8, 4) is 0 Å². The van der Waals surface area contributed by atoms with Gasteiger partial charge in [-0.15, -0.1) is 0 Å². The van der Waals surface area contributed by atoms with Crippen LogP contribution in [0.5, 0.6) is 0 Å². The SMILES string of the molecule is [2H]C(C(=O)OCC)C(SP(=S)(OC([2H])([2H])[2H])OC([2H])([2H])[2H])C(=O)OCC. The maximum atomic E-state index is 12.1. The van der Waals surface area contributed by atoms with E-state index in [-0.39, 0.29) is 24.6 Å². The van der Waals surface area contributed by atoms with Crippen molar-refractivity contribution in [2.45, 2.75) is 25.5 Å². The van der Waals surface area contributed by atoms with Gasteiger partial charge in [0.1, 0.15) is 5.25 Å². The van der Waals surface area contributed by atoms with Crippen LogP contribution < -0.4 is 0 Å². The second-order valence-electron chi connectivity index (χ2n) is 2.83. The quantitative estimate of drug-likeness (QED) is 0.468. The number of rotatable bonds is 9. The molecule has 0 heterocycles. The second-order valence-corrected chi connectivity index (χ2v) is 9.01. The highest BCUT2D eigenvalue weighted by Crippen LogP contribution is 2.62. The summed E-state index contributed by atoms with van der Waals surface area (Å²) >= 11 is 5.07. The maximum Gasteiger partial charge on any atom is 0.320 e. The highest BCUT2D eigenvalue weighted by Gasteiger charge is 2.32. The first-order valence-electron chi connectivity index (χ1n) is 8.67. The molecule has 0 aliphatic heterocycles. The van der Waals surface area contributed by atoms with Crippen LogP contribution in [0.25, 0.3) is 0 Å². The van der Waals surface area contributed by atoms with Crippen molar-refractivity contribution < 1.29 is 37.7 Å². The molecule has 19 heavy (non-hydrogen) atoms. The molecule has 0 saturated carbocycles. The topological polar surface area (TPSA) is 71.1 Å². The third-order valence-corrected chi connectivity index (χ3v) is 5.95. The lowest BCUT2D eigenvalue weighted by Crippen LogP contribution is -2.24. The van der Waals surface area contributed by atoms with Crippen LogP contribution in [0, 0.1) is 0 Å². The van der Waals surface area contributed by atoms with Crippen molar-refractivity contribution in [1.29, 1.82) is 0 Å². The third-order valence-electron chi connectivity index (χ3n) is 1.56. The van der Waals surface area contributed by atoms with Crippen LogP contribution in [-0.4, -0.2) is 44.5 Å². The molecule has 0 aliphatic carbocycles. The molecule has 0 bridgehead atoms. The van der Waals surface area contributed by atoms with E-state index in [0.29, 0.717) is 0 Å². The van der Waals surface area contributed by atoms with Crippen LogP contribution in [0.3, 0.4) is 0 Å². The van der Waals surface area contributed by atoms with Crippen molar-refractivity contribution in [3.05, 3.63) is 0 Å². The smallest absolute Gasteiger partial charge is 0.320 e. The fourth-order valence-corrected chi connectivity index (χ4v) is 3.98. The first-order valence-corrected chi connectivity index (χ1v) is 9.22. The second kappa shape index (κ2) is 9.72. The molecule has 0 aromatic carbocycles. The third kappa shape index (κ3) is 7.27. The first kappa shape index (κ1) is 9.73. The summed E-state index contributed by atoms with van der Waals surface area (Å²) in [5.41, 5.74) is -4.21. The summed E-state index contributed by atoms with van der Waals surface area (Å²) < 4.78 is 69.3. The van der Waals surface area contributed by atoms with E-state index in [1.807, 2.05) is 0 Å². The lowest BCUT2D eigenvalue weighted by Gasteiger charge is -2.21. The Kier molecular flexibility index (Phi) is 4.98. The van der Waals surface area contributed by atoms with E-state index < -0.39 is 43.4 Å². The highest BCUT2D eigenvalue weighted by molar-refractivity contribution is 8.68. The average Bonchev–Trinajstić information content (AvgIpc) is 2.40. The molecule has 0 amide bonds. The molecular formula is C10H19O6PS2. The number of carbonyl (C=O) groups is 2. The molecular weight excluding hydrogens is 311 g/mol. The molecule has 9 heteroatoms. The number of esters is 2. The van der Waals surface area contributed by atoms with Crippen LogP contribution in [-0.2, 0) is 39.9 Å². The molecule has 2 unspecified atom stereocenters. The van der Waals surface area contributed by atoms with Gasteiger partial charge in [-0.25, -0.2) is 0 Å². The van der Waals surface area contributed by atoms with Crippen molar-refractivity contribution >= 4 is 40.8 Å². The normalized spacial score (nSPS) is 21.3. The Bertz CT molecular complexity index is 521. The van der Waals surface area contributed by atoms with Gasteiger partial charge in [0, 0.05) is 15.4 Å². The maximum absolute atomic E-state index is 12.1. The molecule has 2 atom stereocenters. The first-order chi connectivity index (χ1) is 11.6. The van der Waals surface area contributed by atoms with E-state index in [2.05, 4.69) is 13.8 Å². The Morgan fingerprint density at radius 2 is 1.89 bits per heavy atom. The Labute approximate surface area is 132 Å². The standard InChI is InChI=1S/C10H19O6PS2/c1-5-15-9(11)7-8(10(12)16-6-2)19-17(18,13-3)14-4/h8H,5-7H2,1-4H3/i3D3,4D3,7D. The van der Waals surface area contributed by atoms with E-state index in [4.69, 9.17) is 26.1 Å². The van der Waals surface area contributed by atoms with E-state index in [1.54, 1.807) is 0 Å². The largest absolute Gasteiger partial charge is 0.466 e. The van der Waals surface area contributed by atoms with Gasteiger partial charge in [-0.2, -0.15) is 0 Å². The fourth-order valence-electron chi connectivity index (χ4n) is 0.881. The predicted molar refractivity (Wildman–Crippen MR) is 77.6 cm³/mol. The van der Waals surface area contributed by atoms with Gasteiger partial charge < -0.3 is 18.5 Å². The number of ether oxygens (including phenoxy) is 2. The lowest BCUT2D eigenvalue weighted by atomic mass is 10.3. The Balaban J connectivity index is 5.77. The molecule has 0 saturated heterocycles. The van der Waals surface area contributed by atoms with Gasteiger partial charge in [0.15, 0.2) is 0 Å².